The molecular formula is C18H15ClN4O2. The third-order valence-corrected chi connectivity index (χ3v) is 3.59. The van der Waals surface area contributed by atoms with Gasteiger partial charge in [-0.05, 0) is 31.2 Å². The van der Waals surface area contributed by atoms with Crippen molar-refractivity contribution in [3.05, 3.63) is 65.6 Å². The minimum atomic E-state index is -0.577. The van der Waals surface area contributed by atoms with Crippen molar-refractivity contribution in [2.45, 2.75) is 6.92 Å². The molecule has 1 aromatic carbocycles. The Morgan fingerprint density at radius 3 is 2.52 bits per heavy atom. The third kappa shape index (κ3) is 3.92. The fourth-order valence-corrected chi connectivity index (χ4v) is 2.44. The van der Waals surface area contributed by atoms with Gasteiger partial charge in [0.25, 0.3) is 0 Å². The number of hydrogen-bond acceptors (Lipinski definition) is 6. The van der Waals surface area contributed by atoms with Crippen LogP contribution < -0.4 is 5.32 Å². The van der Waals surface area contributed by atoms with E-state index in [1.54, 1.807) is 31.5 Å². The standard InChI is InChI=1S/C18H15ClN4O2/c1-2-25-18(24)14-15(19)22-16(12-8-10-20-11-9-12)23-17(14)21-13-6-4-3-5-7-13/h3-11H,2H2,1H3,(H,21,22,23). The lowest BCUT2D eigenvalue weighted by Gasteiger charge is -2.13. The maximum Gasteiger partial charge on any atom is 0.345 e. The van der Waals surface area contributed by atoms with Crippen molar-refractivity contribution in [3.8, 4) is 11.4 Å². The first-order valence-corrected chi connectivity index (χ1v) is 8.04. The summed E-state index contributed by atoms with van der Waals surface area (Å²) in [5, 5.41) is 3.14. The van der Waals surface area contributed by atoms with Gasteiger partial charge in [-0.2, -0.15) is 0 Å². The second-order valence-corrected chi connectivity index (χ2v) is 5.37. The van der Waals surface area contributed by atoms with Gasteiger partial charge in [0.1, 0.15) is 10.7 Å². The molecule has 126 valence electrons. The maximum absolute atomic E-state index is 12.3. The van der Waals surface area contributed by atoms with Crippen LogP contribution in [0.15, 0.2) is 54.9 Å². The normalized spacial score (nSPS) is 10.3. The highest BCUT2D eigenvalue weighted by Crippen LogP contribution is 2.28. The summed E-state index contributed by atoms with van der Waals surface area (Å²) in [4.78, 5) is 25.0. The van der Waals surface area contributed by atoms with Crippen LogP contribution in [-0.2, 0) is 4.74 Å². The number of aromatic nitrogens is 3. The summed E-state index contributed by atoms with van der Waals surface area (Å²) >= 11 is 6.27. The number of para-hydroxylation sites is 1. The molecule has 25 heavy (non-hydrogen) atoms. The van der Waals surface area contributed by atoms with Gasteiger partial charge in [0.05, 0.1) is 6.61 Å². The molecule has 0 aliphatic rings. The molecule has 0 fully saturated rings. The molecular weight excluding hydrogens is 340 g/mol. The number of carbonyl (C=O) groups excluding carboxylic acids is 1. The summed E-state index contributed by atoms with van der Waals surface area (Å²) in [5.41, 5.74) is 1.61. The van der Waals surface area contributed by atoms with E-state index in [0.29, 0.717) is 5.82 Å². The van der Waals surface area contributed by atoms with E-state index in [2.05, 4.69) is 20.3 Å². The van der Waals surface area contributed by atoms with Gasteiger partial charge in [-0.25, -0.2) is 14.8 Å². The largest absolute Gasteiger partial charge is 0.462 e. The van der Waals surface area contributed by atoms with Crippen LogP contribution >= 0.6 is 11.6 Å². The number of ether oxygens (including phenoxy) is 1. The van der Waals surface area contributed by atoms with Gasteiger partial charge in [-0.1, -0.05) is 29.8 Å². The van der Waals surface area contributed by atoms with Crippen LogP contribution in [0.4, 0.5) is 11.5 Å². The van der Waals surface area contributed by atoms with Crippen molar-refractivity contribution in [2.24, 2.45) is 0 Å². The number of rotatable bonds is 5. The Morgan fingerprint density at radius 1 is 1.12 bits per heavy atom. The molecule has 0 aliphatic heterocycles. The lowest BCUT2D eigenvalue weighted by Crippen LogP contribution is -2.12. The summed E-state index contributed by atoms with van der Waals surface area (Å²) in [6.45, 7) is 1.95. The Bertz CT molecular complexity index is 873. The Balaban J connectivity index is 2.10. The van der Waals surface area contributed by atoms with E-state index in [4.69, 9.17) is 16.3 Å². The molecule has 0 bridgehead atoms. The van der Waals surface area contributed by atoms with Crippen molar-refractivity contribution in [1.82, 2.24) is 15.0 Å². The van der Waals surface area contributed by atoms with E-state index in [-0.39, 0.29) is 23.1 Å². The number of carbonyl (C=O) groups is 1. The van der Waals surface area contributed by atoms with E-state index < -0.39 is 5.97 Å². The van der Waals surface area contributed by atoms with Gasteiger partial charge in [-0.15, -0.1) is 0 Å². The molecule has 0 radical (unpaired) electrons. The molecule has 3 rings (SSSR count). The minimum Gasteiger partial charge on any atom is -0.462 e. The van der Waals surface area contributed by atoms with Crippen LogP contribution in [0, 0.1) is 0 Å². The highest BCUT2D eigenvalue weighted by molar-refractivity contribution is 6.33. The third-order valence-electron chi connectivity index (χ3n) is 3.32. The molecule has 2 heterocycles. The number of benzene rings is 1. The number of halogens is 1. The first kappa shape index (κ1) is 16.9. The predicted octanol–water partition coefficient (Wildman–Crippen LogP) is 4.11. The van der Waals surface area contributed by atoms with Crippen molar-refractivity contribution in [1.29, 1.82) is 0 Å². The fourth-order valence-electron chi connectivity index (χ4n) is 2.20. The Labute approximate surface area is 149 Å². The van der Waals surface area contributed by atoms with E-state index in [1.165, 1.54) is 0 Å². The first-order chi connectivity index (χ1) is 12.2. The molecule has 1 N–H and O–H groups in total. The van der Waals surface area contributed by atoms with Crippen molar-refractivity contribution >= 4 is 29.1 Å². The number of nitrogens with one attached hydrogen (secondary N) is 1. The van der Waals surface area contributed by atoms with Gasteiger partial charge in [0, 0.05) is 23.6 Å². The molecule has 0 amide bonds. The quantitative estimate of drug-likeness (QED) is 0.548. The Hall–Kier alpha value is -2.99. The van der Waals surface area contributed by atoms with Crippen LogP contribution in [0.5, 0.6) is 0 Å². The van der Waals surface area contributed by atoms with Crippen LogP contribution in [-0.4, -0.2) is 27.5 Å². The van der Waals surface area contributed by atoms with Gasteiger partial charge in [0.15, 0.2) is 11.6 Å². The SMILES string of the molecule is CCOC(=O)c1c(Cl)nc(-c2ccncc2)nc1Nc1ccccc1. The summed E-state index contributed by atoms with van der Waals surface area (Å²) in [6.07, 6.45) is 3.27. The average Bonchev–Trinajstić information content (AvgIpc) is 2.63. The van der Waals surface area contributed by atoms with Gasteiger partial charge in [0.2, 0.25) is 0 Å². The monoisotopic (exact) mass is 354 g/mol. The molecule has 7 heteroatoms. The summed E-state index contributed by atoms with van der Waals surface area (Å²) in [6, 6.07) is 12.9. The van der Waals surface area contributed by atoms with Crippen molar-refractivity contribution < 1.29 is 9.53 Å². The van der Waals surface area contributed by atoms with Crippen LogP contribution in [0.25, 0.3) is 11.4 Å². The highest BCUT2D eigenvalue weighted by atomic mass is 35.5. The lowest BCUT2D eigenvalue weighted by atomic mass is 10.2. The molecule has 0 atom stereocenters. The molecule has 0 saturated carbocycles. The average molecular weight is 355 g/mol. The van der Waals surface area contributed by atoms with E-state index in [1.807, 2.05) is 30.3 Å². The summed E-state index contributed by atoms with van der Waals surface area (Å²) < 4.78 is 5.08. The number of hydrogen-bond donors (Lipinski definition) is 1. The van der Waals surface area contributed by atoms with Crippen LogP contribution in [0.3, 0.4) is 0 Å². The highest BCUT2D eigenvalue weighted by Gasteiger charge is 2.22. The van der Waals surface area contributed by atoms with Gasteiger partial charge in [-0.3, -0.25) is 4.98 Å². The van der Waals surface area contributed by atoms with E-state index in [9.17, 15) is 4.79 Å². The topological polar surface area (TPSA) is 77.0 Å². The minimum absolute atomic E-state index is 0.0266. The predicted molar refractivity (Wildman–Crippen MR) is 96.0 cm³/mol. The molecule has 0 saturated heterocycles. The Kier molecular flexibility index (Phi) is 5.20. The molecule has 6 nitrogen and oxygen atoms in total. The lowest BCUT2D eigenvalue weighted by molar-refractivity contribution is 0.0527. The second-order valence-electron chi connectivity index (χ2n) is 5.01. The first-order valence-electron chi connectivity index (χ1n) is 7.66. The molecule has 0 spiro atoms. The number of pyridine rings is 1. The zero-order chi connectivity index (χ0) is 17.6. The van der Waals surface area contributed by atoms with Gasteiger partial charge >= 0.3 is 5.97 Å². The second kappa shape index (κ2) is 7.72. The zero-order valence-corrected chi connectivity index (χ0v) is 14.2. The summed E-state index contributed by atoms with van der Waals surface area (Å²) in [5.74, 6) is 0.0996. The fraction of sp³-hybridized carbons (Fsp3) is 0.111. The van der Waals surface area contributed by atoms with E-state index in [0.717, 1.165) is 11.3 Å². The molecule has 3 aromatic rings. The number of anilines is 2. The van der Waals surface area contributed by atoms with Crippen LogP contribution in [0.2, 0.25) is 5.15 Å². The molecule has 0 unspecified atom stereocenters. The van der Waals surface area contributed by atoms with Crippen molar-refractivity contribution in [2.75, 3.05) is 11.9 Å². The van der Waals surface area contributed by atoms with Crippen molar-refractivity contribution in [3.63, 3.8) is 0 Å². The molecule has 0 aliphatic carbocycles. The summed E-state index contributed by atoms with van der Waals surface area (Å²) in [7, 11) is 0. The number of esters is 1. The maximum atomic E-state index is 12.3. The molecule has 2 aromatic heterocycles. The smallest absolute Gasteiger partial charge is 0.345 e. The Morgan fingerprint density at radius 2 is 1.84 bits per heavy atom. The van der Waals surface area contributed by atoms with E-state index >= 15 is 0 Å². The van der Waals surface area contributed by atoms with Crippen LogP contribution in [0.1, 0.15) is 17.3 Å². The van der Waals surface area contributed by atoms with Gasteiger partial charge < -0.3 is 10.1 Å². The number of nitrogens with zero attached hydrogens (tertiary/aromatic N) is 3. The zero-order valence-electron chi connectivity index (χ0n) is 13.4.